The second-order valence-corrected chi connectivity index (χ2v) is 5.01. The Morgan fingerprint density at radius 3 is 2.59 bits per heavy atom. The molecule has 0 saturated carbocycles. The molecule has 0 aliphatic heterocycles. The lowest BCUT2D eigenvalue weighted by Crippen LogP contribution is -2.22. The van der Waals surface area contributed by atoms with Gasteiger partial charge >= 0.3 is 6.09 Å². The number of carboxylic acid groups (broad SMARTS) is 1. The molecule has 0 unspecified atom stereocenters. The molecular weight excluding hydrogens is 234 g/mol. The van der Waals surface area contributed by atoms with Crippen LogP contribution in [0.15, 0.2) is 30.3 Å². The van der Waals surface area contributed by atoms with Gasteiger partial charge < -0.3 is 10.4 Å². The van der Waals surface area contributed by atoms with Crippen molar-refractivity contribution in [2.75, 3.05) is 18.1 Å². The van der Waals surface area contributed by atoms with Crippen LogP contribution in [0, 0.1) is 0 Å². The van der Waals surface area contributed by atoms with E-state index in [4.69, 9.17) is 5.11 Å². The smallest absolute Gasteiger partial charge is 0.404 e. The Hall–Kier alpha value is -1.16. The fourth-order valence-electron chi connectivity index (χ4n) is 1.49. The van der Waals surface area contributed by atoms with Crippen molar-refractivity contribution in [2.45, 2.75) is 19.3 Å². The Morgan fingerprint density at radius 1 is 1.18 bits per heavy atom. The number of thioether (sulfide) groups is 1. The summed E-state index contributed by atoms with van der Waals surface area (Å²) in [5.74, 6) is 2.16. The average molecular weight is 253 g/mol. The number of rotatable bonds is 8. The van der Waals surface area contributed by atoms with E-state index in [1.165, 1.54) is 12.0 Å². The molecule has 0 radical (unpaired) electrons. The van der Waals surface area contributed by atoms with Crippen LogP contribution in [0.25, 0.3) is 0 Å². The molecule has 1 aromatic carbocycles. The summed E-state index contributed by atoms with van der Waals surface area (Å²) in [7, 11) is 0. The van der Waals surface area contributed by atoms with Crippen LogP contribution in [-0.2, 0) is 6.42 Å². The quantitative estimate of drug-likeness (QED) is 0.700. The maximum atomic E-state index is 10.2. The highest BCUT2D eigenvalue weighted by molar-refractivity contribution is 7.99. The Bertz CT molecular complexity index is 316. The summed E-state index contributed by atoms with van der Waals surface area (Å²) in [6.07, 6.45) is 2.28. The van der Waals surface area contributed by atoms with Crippen molar-refractivity contribution >= 4 is 17.9 Å². The van der Waals surface area contributed by atoms with Crippen molar-refractivity contribution in [2.24, 2.45) is 0 Å². The normalized spacial score (nSPS) is 10.1. The Morgan fingerprint density at radius 2 is 1.88 bits per heavy atom. The Kier molecular flexibility index (Phi) is 7.30. The number of benzene rings is 1. The van der Waals surface area contributed by atoms with Crippen LogP contribution < -0.4 is 5.32 Å². The second-order valence-electron chi connectivity index (χ2n) is 3.79. The molecule has 0 spiro atoms. The van der Waals surface area contributed by atoms with Crippen LogP contribution in [0.1, 0.15) is 18.4 Å². The van der Waals surface area contributed by atoms with Crippen molar-refractivity contribution in [1.82, 2.24) is 5.32 Å². The van der Waals surface area contributed by atoms with Gasteiger partial charge in [0.1, 0.15) is 0 Å². The lowest BCUT2D eigenvalue weighted by Gasteiger charge is -2.02. The molecule has 0 aliphatic rings. The molecule has 94 valence electrons. The number of carbonyl (C=O) groups is 1. The second kappa shape index (κ2) is 8.93. The van der Waals surface area contributed by atoms with Crippen LogP contribution >= 0.6 is 11.8 Å². The van der Waals surface area contributed by atoms with Crippen molar-refractivity contribution in [3.63, 3.8) is 0 Å². The van der Waals surface area contributed by atoms with Gasteiger partial charge in [-0.2, -0.15) is 11.8 Å². The van der Waals surface area contributed by atoms with Crippen molar-refractivity contribution in [1.29, 1.82) is 0 Å². The number of nitrogens with one attached hydrogen (secondary N) is 1. The molecule has 0 fully saturated rings. The molecule has 0 heterocycles. The summed E-state index contributed by atoms with van der Waals surface area (Å²) in [6.45, 7) is 0.557. The van der Waals surface area contributed by atoms with Gasteiger partial charge in [-0.3, -0.25) is 0 Å². The predicted octanol–water partition coefficient (Wildman–Crippen LogP) is 3.01. The number of hydrogen-bond acceptors (Lipinski definition) is 2. The molecule has 0 atom stereocenters. The van der Waals surface area contributed by atoms with E-state index in [0.717, 1.165) is 24.3 Å². The molecule has 17 heavy (non-hydrogen) atoms. The lowest BCUT2D eigenvalue weighted by atomic mass is 10.1. The summed E-state index contributed by atoms with van der Waals surface area (Å²) < 4.78 is 0. The molecule has 0 aromatic heterocycles. The number of amides is 1. The highest BCUT2D eigenvalue weighted by Crippen LogP contribution is 2.08. The molecule has 0 saturated heterocycles. The molecule has 0 aliphatic carbocycles. The van der Waals surface area contributed by atoms with Gasteiger partial charge in [0.25, 0.3) is 0 Å². The summed E-state index contributed by atoms with van der Waals surface area (Å²) >= 11 is 1.89. The van der Waals surface area contributed by atoms with Crippen molar-refractivity contribution in [3.05, 3.63) is 35.9 Å². The Balaban J connectivity index is 1.90. The third kappa shape index (κ3) is 7.69. The van der Waals surface area contributed by atoms with Gasteiger partial charge in [0.15, 0.2) is 0 Å². The SMILES string of the molecule is O=C(O)NCCCSCCCc1ccccc1. The maximum Gasteiger partial charge on any atom is 0.404 e. The molecule has 0 bridgehead atoms. The van der Waals surface area contributed by atoms with Crippen LogP contribution in [0.5, 0.6) is 0 Å². The third-order valence-electron chi connectivity index (χ3n) is 2.34. The molecule has 1 amide bonds. The first-order chi connectivity index (χ1) is 8.29. The van der Waals surface area contributed by atoms with Crippen LogP contribution in [0.3, 0.4) is 0 Å². The average Bonchev–Trinajstić information content (AvgIpc) is 2.33. The van der Waals surface area contributed by atoms with E-state index in [0.29, 0.717) is 6.54 Å². The van der Waals surface area contributed by atoms with Gasteiger partial charge in [-0.25, -0.2) is 4.79 Å². The molecule has 3 nitrogen and oxygen atoms in total. The van der Waals surface area contributed by atoms with E-state index in [-0.39, 0.29) is 0 Å². The van der Waals surface area contributed by atoms with Gasteiger partial charge in [-0.1, -0.05) is 30.3 Å². The minimum absolute atomic E-state index is 0.557. The third-order valence-corrected chi connectivity index (χ3v) is 3.49. The highest BCUT2D eigenvalue weighted by Gasteiger charge is 1.95. The van der Waals surface area contributed by atoms with E-state index in [1.54, 1.807) is 0 Å². The van der Waals surface area contributed by atoms with E-state index >= 15 is 0 Å². The van der Waals surface area contributed by atoms with Crippen LogP contribution in [0.4, 0.5) is 4.79 Å². The zero-order chi connectivity index (χ0) is 12.3. The van der Waals surface area contributed by atoms with Crippen molar-refractivity contribution in [3.8, 4) is 0 Å². The van der Waals surface area contributed by atoms with Gasteiger partial charge in [-0.15, -0.1) is 0 Å². The minimum Gasteiger partial charge on any atom is -0.465 e. The van der Waals surface area contributed by atoms with Crippen molar-refractivity contribution < 1.29 is 9.90 Å². The van der Waals surface area contributed by atoms with Crippen LogP contribution in [-0.4, -0.2) is 29.3 Å². The van der Waals surface area contributed by atoms with Gasteiger partial charge in [0.05, 0.1) is 0 Å². The van der Waals surface area contributed by atoms with E-state index in [9.17, 15) is 4.79 Å². The standard InChI is InChI=1S/C13H19NO2S/c15-13(16)14-9-5-11-17-10-4-8-12-6-2-1-3-7-12/h1-3,6-7,14H,4-5,8-11H2,(H,15,16). The summed E-state index contributed by atoms with van der Waals surface area (Å²) in [6, 6.07) is 10.5. The molecule has 2 N–H and O–H groups in total. The van der Waals surface area contributed by atoms with Gasteiger partial charge in [0, 0.05) is 6.54 Å². The maximum absolute atomic E-state index is 10.2. The van der Waals surface area contributed by atoms with Gasteiger partial charge in [0.2, 0.25) is 0 Å². The highest BCUT2D eigenvalue weighted by atomic mass is 32.2. The minimum atomic E-state index is -0.931. The first kappa shape index (κ1) is 13.9. The van der Waals surface area contributed by atoms with Gasteiger partial charge in [-0.05, 0) is 36.3 Å². The molecular formula is C13H19NO2S. The predicted molar refractivity (Wildman–Crippen MR) is 72.7 cm³/mol. The first-order valence-electron chi connectivity index (χ1n) is 5.87. The monoisotopic (exact) mass is 253 g/mol. The van der Waals surface area contributed by atoms with Crippen LogP contribution in [0.2, 0.25) is 0 Å². The van der Waals surface area contributed by atoms with E-state index < -0.39 is 6.09 Å². The zero-order valence-corrected chi connectivity index (χ0v) is 10.7. The summed E-state index contributed by atoms with van der Waals surface area (Å²) in [5.41, 5.74) is 1.39. The molecule has 4 heteroatoms. The fourth-order valence-corrected chi connectivity index (χ4v) is 2.40. The first-order valence-corrected chi connectivity index (χ1v) is 7.03. The number of aryl methyl sites for hydroxylation is 1. The van der Waals surface area contributed by atoms with E-state index in [1.807, 2.05) is 17.8 Å². The lowest BCUT2D eigenvalue weighted by molar-refractivity contribution is 0.194. The number of hydrogen-bond donors (Lipinski definition) is 2. The summed E-state index contributed by atoms with van der Waals surface area (Å²) in [5, 5.41) is 10.7. The zero-order valence-electron chi connectivity index (χ0n) is 9.89. The largest absolute Gasteiger partial charge is 0.465 e. The Labute approximate surface area is 107 Å². The summed E-state index contributed by atoms with van der Waals surface area (Å²) in [4.78, 5) is 10.2. The molecule has 1 rings (SSSR count). The topological polar surface area (TPSA) is 49.3 Å². The fraction of sp³-hybridized carbons (Fsp3) is 0.462. The molecule has 1 aromatic rings. The van der Waals surface area contributed by atoms with E-state index in [2.05, 4.69) is 29.6 Å².